The number of carbonyl (C=O) groups excluding carboxylic acids is 1. The Balaban J connectivity index is 1.47. The second kappa shape index (κ2) is 10.1. The maximum Gasteiger partial charge on any atom is 0.223 e. The maximum absolute atomic E-state index is 12.7. The first kappa shape index (κ1) is 22.2. The molecule has 0 bridgehead atoms. The molecule has 31 heavy (non-hydrogen) atoms. The highest BCUT2D eigenvalue weighted by molar-refractivity contribution is 5.81. The lowest BCUT2D eigenvalue weighted by Gasteiger charge is -2.33. The van der Waals surface area contributed by atoms with Crippen LogP contribution in [0.3, 0.4) is 0 Å². The summed E-state index contributed by atoms with van der Waals surface area (Å²) >= 11 is 0. The summed E-state index contributed by atoms with van der Waals surface area (Å²) in [6, 6.07) is 4.96. The van der Waals surface area contributed by atoms with Gasteiger partial charge in [-0.1, -0.05) is 39.0 Å². The molecule has 2 fully saturated rings. The fraction of sp³-hybridized carbons (Fsp3) is 0.692. The molecule has 4 rings (SSSR count). The molecule has 1 aliphatic heterocycles. The SMILES string of the molecule is CCCCCCn1c(N2CCC(C(=O)NC3CCCC3)CC2)nc2cc(C)c(C)cc21. The Morgan fingerprint density at radius 3 is 2.45 bits per heavy atom. The molecule has 0 radical (unpaired) electrons. The molecule has 2 aromatic rings. The average Bonchev–Trinajstić information content (AvgIpc) is 3.40. The molecule has 0 atom stereocenters. The van der Waals surface area contributed by atoms with Crippen LogP contribution in [0.1, 0.15) is 82.3 Å². The van der Waals surface area contributed by atoms with E-state index < -0.39 is 0 Å². The second-order valence-corrected chi connectivity index (χ2v) is 9.80. The number of imidazole rings is 1. The number of amides is 1. The number of nitrogens with one attached hydrogen (secondary N) is 1. The van der Waals surface area contributed by atoms with Crippen molar-refractivity contribution in [2.75, 3.05) is 18.0 Å². The fourth-order valence-corrected chi connectivity index (χ4v) is 5.26. The monoisotopic (exact) mass is 424 g/mol. The van der Waals surface area contributed by atoms with E-state index in [9.17, 15) is 4.79 Å². The summed E-state index contributed by atoms with van der Waals surface area (Å²) in [4.78, 5) is 20.2. The summed E-state index contributed by atoms with van der Waals surface area (Å²) in [7, 11) is 0. The Morgan fingerprint density at radius 1 is 1.03 bits per heavy atom. The van der Waals surface area contributed by atoms with E-state index in [2.05, 4.69) is 47.7 Å². The number of benzene rings is 1. The Kier molecular flexibility index (Phi) is 7.19. The Hall–Kier alpha value is -2.04. The molecule has 2 aliphatic rings. The molecule has 5 heteroatoms. The van der Waals surface area contributed by atoms with Crippen LogP contribution in [-0.2, 0) is 11.3 Å². The van der Waals surface area contributed by atoms with Crippen LogP contribution in [0.15, 0.2) is 12.1 Å². The summed E-state index contributed by atoms with van der Waals surface area (Å²) < 4.78 is 2.44. The zero-order valence-electron chi connectivity index (χ0n) is 19.8. The minimum absolute atomic E-state index is 0.156. The summed E-state index contributed by atoms with van der Waals surface area (Å²) in [5, 5.41) is 3.31. The molecule has 1 N–H and O–H groups in total. The zero-order chi connectivity index (χ0) is 21.8. The van der Waals surface area contributed by atoms with E-state index in [4.69, 9.17) is 4.98 Å². The van der Waals surface area contributed by atoms with Crippen LogP contribution in [0, 0.1) is 19.8 Å². The van der Waals surface area contributed by atoms with Gasteiger partial charge >= 0.3 is 0 Å². The number of piperidine rings is 1. The summed E-state index contributed by atoms with van der Waals surface area (Å²) in [6.07, 6.45) is 11.7. The molecule has 1 saturated heterocycles. The molecule has 1 aliphatic carbocycles. The summed E-state index contributed by atoms with van der Waals surface area (Å²) in [5.41, 5.74) is 5.00. The summed E-state index contributed by atoms with van der Waals surface area (Å²) in [6.45, 7) is 9.48. The van der Waals surface area contributed by atoms with Gasteiger partial charge in [-0.25, -0.2) is 4.98 Å². The highest BCUT2D eigenvalue weighted by Gasteiger charge is 2.29. The normalized spacial score (nSPS) is 18.2. The smallest absolute Gasteiger partial charge is 0.223 e. The van der Waals surface area contributed by atoms with Gasteiger partial charge in [0.15, 0.2) is 0 Å². The van der Waals surface area contributed by atoms with Crippen molar-refractivity contribution in [1.82, 2.24) is 14.9 Å². The number of hydrogen-bond donors (Lipinski definition) is 1. The van der Waals surface area contributed by atoms with E-state index in [0.29, 0.717) is 6.04 Å². The molecule has 2 heterocycles. The van der Waals surface area contributed by atoms with Crippen LogP contribution in [0.4, 0.5) is 5.95 Å². The molecule has 1 aromatic heterocycles. The van der Waals surface area contributed by atoms with Gasteiger partial charge in [-0.05, 0) is 69.2 Å². The lowest BCUT2D eigenvalue weighted by atomic mass is 9.95. The highest BCUT2D eigenvalue weighted by Crippen LogP contribution is 2.29. The van der Waals surface area contributed by atoms with Crippen LogP contribution >= 0.6 is 0 Å². The van der Waals surface area contributed by atoms with Gasteiger partial charge in [0.25, 0.3) is 0 Å². The zero-order valence-corrected chi connectivity index (χ0v) is 19.8. The predicted octanol–water partition coefficient (Wildman–Crippen LogP) is 5.51. The number of aryl methyl sites for hydroxylation is 3. The molecule has 1 amide bonds. The first-order chi connectivity index (χ1) is 15.1. The van der Waals surface area contributed by atoms with E-state index in [1.807, 2.05) is 0 Å². The molecule has 1 saturated carbocycles. The maximum atomic E-state index is 12.7. The third-order valence-corrected chi connectivity index (χ3v) is 7.43. The molecule has 170 valence electrons. The topological polar surface area (TPSA) is 50.2 Å². The van der Waals surface area contributed by atoms with Crippen molar-refractivity contribution in [3.05, 3.63) is 23.3 Å². The van der Waals surface area contributed by atoms with Crippen molar-refractivity contribution < 1.29 is 4.79 Å². The van der Waals surface area contributed by atoms with Crippen LogP contribution in [0.25, 0.3) is 11.0 Å². The molecule has 0 spiro atoms. The van der Waals surface area contributed by atoms with Crippen molar-refractivity contribution in [1.29, 1.82) is 0 Å². The first-order valence-electron chi connectivity index (χ1n) is 12.6. The van der Waals surface area contributed by atoms with Gasteiger partial charge in [0, 0.05) is 31.6 Å². The number of aromatic nitrogens is 2. The fourth-order valence-electron chi connectivity index (χ4n) is 5.26. The van der Waals surface area contributed by atoms with E-state index in [1.54, 1.807) is 0 Å². The van der Waals surface area contributed by atoms with Crippen molar-refractivity contribution >= 4 is 22.9 Å². The minimum atomic E-state index is 0.156. The van der Waals surface area contributed by atoms with Gasteiger partial charge in [-0.2, -0.15) is 0 Å². The summed E-state index contributed by atoms with van der Waals surface area (Å²) in [5.74, 6) is 1.54. The Bertz CT molecular complexity index is 888. The van der Waals surface area contributed by atoms with E-state index in [-0.39, 0.29) is 11.8 Å². The number of rotatable bonds is 8. The number of fused-ring (bicyclic) bond motifs is 1. The molecule has 5 nitrogen and oxygen atoms in total. The largest absolute Gasteiger partial charge is 0.353 e. The second-order valence-electron chi connectivity index (χ2n) is 9.80. The predicted molar refractivity (Wildman–Crippen MR) is 129 cm³/mol. The van der Waals surface area contributed by atoms with Gasteiger partial charge in [0.1, 0.15) is 0 Å². The number of unbranched alkanes of at least 4 members (excludes halogenated alkanes) is 3. The third kappa shape index (κ3) is 5.07. The van der Waals surface area contributed by atoms with Crippen molar-refractivity contribution in [2.45, 2.75) is 97.6 Å². The Labute approximate surface area is 187 Å². The Morgan fingerprint density at radius 2 is 1.74 bits per heavy atom. The number of anilines is 1. The van der Waals surface area contributed by atoms with Gasteiger partial charge in [-0.15, -0.1) is 0 Å². The first-order valence-corrected chi connectivity index (χ1v) is 12.6. The van der Waals surface area contributed by atoms with Crippen molar-refractivity contribution in [3.8, 4) is 0 Å². The van der Waals surface area contributed by atoms with E-state index in [1.165, 1.54) is 55.2 Å². The lowest BCUT2D eigenvalue weighted by Crippen LogP contribution is -2.43. The number of carbonyl (C=O) groups is 1. The quantitative estimate of drug-likeness (QED) is 0.569. The molecule has 0 unspecified atom stereocenters. The standard InChI is InChI=1S/C26H40N4O/c1-4-5-6-9-14-30-24-18-20(3)19(2)17-23(24)28-26(30)29-15-12-21(13-16-29)25(31)27-22-10-7-8-11-22/h17-18,21-22H,4-16H2,1-3H3,(H,27,31). The van der Waals surface area contributed by atoms with Crippen LogP contribution in [0.5, 0.6) is 0 Å². The number of hydrogen-bond acceptors (Lipinski definition) is 3. The molecule has 1 aromatic carbocycles. The molecular formula is C26H40N4O. The lowest BCUT2D eigenvalue weighted by molar-refractivity contribution is -0.126. The van der Waals surface area contributed by atoms with Crippen molar-refractivity contribution in [3.63, 3.8) is 0 Å². The van der Waals surface area contributed by atoms with E-state index in [0.717, 1.165) is 56.8 Å². The number of nitrogens with zero attached hydrogens (tertiary/aromatic N) is 3. The van der Waals surface area contributed by atoms with Crippen molar-refractivity contribution in [2.24, 2.45) is 5.92 Å². The minimum Gasteiger partial charge on any atom is -0.353 e. The average molecular weight is 425 g/mol. The van der Waals surface area contributed by atoms with Crippen LogP contribution in [0.2, 0.25) is 0 Å². The van der Waals surface area contributed by atoms with Crippen LogP contribution < -0.4 is 10.2 Å². The van der Waals surface area contributed by atoms with Crippen LogP contribution in [-0.4, -0.2) is 34.6 Å². The van der Waals surface area contributed by atoms with Gasteiger partial charge in [-0.3, -0.25) is 4.79 Å². The molecular weight excluding hydrogens is 384 g/mol. The highest BCUT2D eigenvalue weighted by atomic mass is 16.1. The van der Waals surface area contributed by atoms with Gasteiger partial charge in [0.05, 0.1) is 11.0 Å². The van der Waals surface area contributed by atoms with Gasteiger partial charge < -0.3 is 14.8 Å². The van der Waals surface area contributed by atoms with E-state index >= 15 is 0 Å². The third-order valence-electron chi connectivity index (χ3n) is 7.43. The van der Waals surface area contributed by atoms with Gasteiger partial charge in [0.2, 0.25) is 11.9 Å².